The molecule has 0 amide bonds. The van der Waals surface area contributed by atoms with Gasteiger partial charge >= 0.3 is 0 Å². The summed E-state index contributed by atoms with van der Waals surface area (Å²) in [6.45, 7) is 1.25. The van der Waals surface area contributed by atoms with Gasteiger partial charge in [-0.25, -0.2) is 4.39 Å². The molecule has 1 aromatic carbocycles. The van der Waals surface area contributed by atoms with Crippen LogP contribution >= 0.6 is 24.0 Å². The van der Waals surface area contributed by atoms with Crippen LogP contribution in [0.25, 0.3) is 5.65 Å². The van der Waals surface area contributed by atoms with E-state index in [1.165, 1.54) is 12.1 Å². The minimum atomic E-state index is -0.229. The minimum absolute atomic E-state index is 0. The Bertz CT molecular complexity index is 879. The van der Waals surface area contributed by atoms with Crippen LogP contribution in [0.3, 0.4) is 0 Å². The van der Waals surface area contributed by atoms with Gasteiger partial charge in [-0.3, -0.25) is 9.39 Å². The second-order valence-corrected chi connectivity index (χ2v) is 5.76. The summed E-state index contributed by atoms with van der Waals surface area (Å²) in [5.41, 5.74) is 1.74. The molecule has 0 fully saturated rings. The van der Waals surface area contributed by atoms with Gasteiger partial charge in [-0.05, 0) is 29.8 Å². The standard InChI is InChI=1S/C18H21FN6.HI/c1-20-18(24(2)13-14-6-5-7-15(19)12-14)21-10-9-17-23-22-16-8-3-4-11-25(16)17;/h3-8,11-12H,9-10,13H2,1-2H3,(H,20,21);1H. The van der Waals surface area contributed by atoms with Crippen molar-refractivity contribution in [2.24, 2.45) is 4.99 Å². The number of nitrogens with one attached hydrogen (secondary N) is 1. The number of aromatic nitrogens is 3. The monoisotopic (exact) mass is 468 g/mol. The first-order valence-corrected chi connectivity index (χ1v) is 8.12. The third kappa shape index (κ3) is 4.90. The highest BCUT2D eigenvalue weighted by atomic mass is 127. The van der Waals surface area contributed by atoms with Crippen molar-refractivity contribution in [1.82, 2.24) is 24.8 Å². The summed E-state index contributed by atoms with van der Waals surface area (Å²) in [5.74, 6) is 1.41. The molecular weight excluding hydrogens is 446 g/mol. The lowest BCUT2D eigenvalue weighted by Crippen LogP contribution is -2.39. The summed E-state index contributed by atoms with van der Waals surface area (Å²) >= 11 is 0. The maximum absolute atomic E-state index is 13.3. The molecule has 0 saturated heterocycles. The smallest absolute Gasteiger partial charge is 0.193 e. The molecule has 3 rings (SSSR count). The fourth-order valence-electron chi connectivity index (χ4n) is 2.72. The van der Waals surface area contributed by atoms with E-state index in [2.05, 4.69) is 20.5 Å². The molecule has 0 saturated carbocycles. The topological polar surface area (TPSA) is 57.8 Å². The molecular formula is C18H22FIN6. The first-order chi connectivity index (χ1) is 12.2. The average Bonchev–Trinajstić information content (AvgIpc) is 3.02. The number of rotatable bonds is 5. The van der Waals surface area contributed by atoms with Gasteiger partial charge in [-0.1, -0.05) is 18.2 Å². The Labute approximate surface area is 169 Å². The van der Waals surface area contributed by atoms with E-state index in [0.29, 0.717) is 13.1 Å². The minimum Gasteiger partial charge on any atom is -0.356 e. The first-order valence-electron chi connectivity index (χ1n) is 8.12. The zero-order valence-corrected chi connectivity index (χ0v) is 17.1. The Morgan fingerprint density at radius 2 is 2.08 bits per heavy atom. The summed E-state index contributed by atoms with van der Waals surface area (Å²) in [5, 5.41) is 11.7. The average molecular weight is 468 g/mol. The van der Waals surface area contributed by atoms with E-state index in [1.807, 2.05) is 46.8 Å². The lowest BCUT2D eigenvalue weighted by atomic mass is 10.2. The second-order valence-electron chi connectivity index (χ2n) is 5.76. The van der Waals surface area contributed by atoms with Gasteiger partial charge in [0.25, 0.3) is 0 Å². The molecule has 0 aliphatic heterocycles. The number of hydrogen-bond donors (Lipinski definition) is 1. The highest BCUT2D eigenvalue weighted by Gasteiger charge is 2.09. The Morgan fingerprint density at radius 3 is 2.85 bits per heavy atom. The summed E-state index contributed by atoms with van der Waals surface area (Å²) in [6, 6.07) is 12.4. The van der Waals surface area contributed by atoms with Gasteiger partial charge in [0.2, 0.25) is 0 Å². The van der Waals surface area contributed by atoms with Gasteiger partial charge in [0.15, 0.2) is 11.6 Å². The molecule has 138 valence electrons. The van der Waals surface area contributed by atoms with Crippen LogP contribution in [0.15, 0.2) is 53.7 Å². The van der Waals surface area contributed by atoms with E-state index >= 15 is 0 Å². The van der Waals surface area contributed by atoms with Crippen molar-refractivity contribution in [2.45, 2.75) is 13.0 Å². The van der Waals surface area contributed by atoms with Crippen LogP contribution in [-0.2, 0) is 13.0 Å². The van der Waals surface area contributed by atoms with E-state index in [0.717, 1.165) is 29.4 Å². The summed E-state index contributed by atoms with van der Waals surface area (Å²) < 4.78 is 15.3. The van der Waals surface area contributed by atoms with E-state index in [1.54, 1.807) is 13.1 Å². The molecule has 2 heterocycles. The third-order valence-electron chi connectivity index (χ3n) is 3.90. The number of guanidine groups is 1. The van der Waals surface area contributed by atoms with Crippen LogP contribution in [0.4, 0.5) is 4.39 Å². The molecule has 0 aliphatic rings. The van der Waals surface area contributed by atoms with Gasteiger partial charge in [-0.2, -0.15) is 0 Å². The maximum Gasteiger partial charge on any atom is 0.193 e. The Kier molecular flexibility index (Phi) is 7.31. The normalized spacial score (nSPS) is 11.3. The fourth-order valence-corrected chi connectivity index (χ4v) is 2.72. The van der Waals surface area contributed by atoms with Crippen molar-refractivity contribution in [3.8, 4) is 0 Å². The van der Waals surface area contributed by atoms with Gasteiger partial charge in [0, 0.05) is 39.8 Å². The Hall–Kier alpha value is -2.23. The number of fused-ring (bicyclic) bond motifs is 1. The molecule has 3 aromatic rings. The van der Waals surface area contributed by atoms with Gasteiger partial charge in [-0.15, -0.1) is 34.2 Å². The number of hydrogen-bond acceptors (Lipinski definition) is 3. The molecule has 0 radical (unpaired) electrons. The van der Waals surface area contributed by atoms with Gasteiger partial charge in [0.05, 0.1) is 0 Å². The number of halogens is 2. The largest absolute Gasteiger partial charge is 0.356 e. The number of pyridine rings is 1. The summed E-state index contributed by atoms with van der Waals surface area (Å²) in [6.07, 6.45) is 2.67. The second kappa shape index (κ2) is 9.46. The molecule has 0 atom stereocenters. The van der Waals surface area contributed by atoms with Crippen LogP contribution in [0.1, 0.15) is 11.4 Å². The molecule has 0 unspecified atom stereocenters. The molecule has 2 aromatic heterocycles. The van der Waals surface area contributed by atoms with Crippen LogP contribution in [0.5, 0.6) is 0 Å². The van der Waals surface area contributed by atoms with Crippen molar-refractivity contribution < 1.29 is 4.39 Å². The highest BCUT2D eigenvalue weighted by molar-refractivity contribution is 14.0. The number of aliphatic imine (C=N–C) groups is 1. The summed E-state index contributed by atoms with van der Waals surface area (Å²) in [7, 11) is 3.66. The van der Waals surface area contributed by atoms with Crippen LogP contribution < -0.4 is 5.32 Å². The zero-order valence-electron chi connectivity index (χ0n) is 14.8. The van der Waals surface area contributed by atoms with Crippen LogP contribution in [0, 0.1) is 5.82 Å². The van der Waals surface area contributed by atoms with E-state index in [9.17, 15) is 4.39 Å². The molecule has 0 aliphatic carbocycles. The van der Waals surface area contributed by atoms with Crippen LogP contribution in [0.2, 0.25) is 0 Å². The Morgan fingerprint density at radius 1 is 1.23 bits per heavy atom. The van der Waals surface area contributed by atoms with Crippen molar-refractivity contribution in [3.05, 3.63) is 65.9 Å². The molecule has 0 spiro atoms. The first kappa shape index (κ1) is 20.1. The van der Waals surface area contributed by atoms with Crippen molar-refractivity contribution in [3.63, 3.8) is 0 Å². The van der Waals surface area contributed by atoms with Crippen molar-refractivity contribution >= 4 is 35.6 Å². The van der Waals surface area contributed by atoms with Crippen LogP contribution in [-0.4, -0.2) is 46.1 Å². The molecule has 1 N–H and O–H groups in total. The van der Waals surface area contributed by atoms with Crippen molar-refractivity contribution in [1.29, 1.82) is 0 Å². The number of benzene rings is 1. The zero-order chi connectivity index (χ0) is 17.6. The predicted octanol–water partition coefficient (Wildman–Crippen LogP) is 2.74. The van der Waals surface area contributed by atoms with E-state index in [4.69, 9.17) is 0 Å². The van der Waals surface area contributed by atoms with Crippen molar-refractivity contribution in [2.75, 3.05) is 20.6 Å². The Balaban J connectivity index is 0.00000243. The lowest BCUT2D eigenvalue weighted by molar-refractivity contribution is 0.474. The molecule has 6 nitrogen and oxygen atoms in total. The SMILES string of the molecule is CN=C(NCCc1nnc2ccccn12)N(C)Cc1cccc(F)c1.I. The highest BCUT2D eigenvalue weighted by Crippen LogP contribution is 2.07. The van der Waals surface area contributed by atoms with E-state index < -0.39 is 0 Å². The molecule has 8 heteroatoms. The van der Waals surface area contributed by atoms with Gasteiger partial charge in [0.1, 0.15) is 11.6 Å². The maximum atomic E-state index is 13.3. The molecule has 26 heavy (non-hydrogen) atoms. The summed E-state index contributed by atoms with van der Waals surface area (Å²) in [4.78, 5) is 6.24. The number of nitrogens with zero attached hydrogens (tertiary/aromatic N) is 5. The lowest BCUT2D eigenvalue weighted by Gasteiger charge is -2.22. The van der Waals surface area contributed by atoms with Gasteiger partial charge < -0.3 is 10.2 Å². The quantitative estimate of drug-likeness (QED) is 0.356. The third-order valence-corrected chi connectivity index (χ3v) is 3.90. The predicted molar refractivity (Wildman–Crippen MR) is 111 cm³/mol. The fraction of sp³-hybridized carbons (Fsp3) is 0.278. The molecule has 0 bridgehead atoms. The van der Waals surface area contributed by atoms with E-state index in [-0.39, 0.29) is 29.8 Å².